The van der Waals surface area contributed by atoms with Crippen LogP contribution < -0.4 is 4.74 Å². The van der Waals surface area contributed by atoms with Crippen molar-refractivity contribution < 1.29 is 9.47 Å². The molecule has 4 rings (SSSR count). The Balaban J connectivity index is 1.24. The summed E-state index contributed by atoms with van der Waals surface area (Å²) in [4.78, 5) is 7.51. The molecular formula is C25H35N3O2. The van der Waals surface area contributed by atoms with Crippen molar-refractivity contribution in [3.8, 4) is 5.75 Å². The molecule has 0 bridgehead atoms. The summed E-state index contributed by atoms with van der Waals surface area (Å²) in [5.41, 5.74) is 2.68. The fourth-order valence-corrected chi connectivity index (χ4v) is 4.31. The molecule has 2 heterocycles. The Labute approximate surface area is 181 Å². The maximum atomic E-state index is 6.13. The standard InChI is InChI=1S/C25H35N3O2/c1-2-26-11-13-27(14-12-26)19-23-9-6-10-24(17-23)30-21-25-20-28(15-16-29-25)18-22-7-4-3-5-8-22/h3-10,17,25H,2,11-16,18-21H2,1H3. The van der Waals surface area contributed by atoms with E-state index in [1.54, 1.807) is 0 Å². The largest absolute Gasteiger partial charge is 0.491 e. The Morgan fingerprint density at radius 3 is 2.37 bits per heavy atom. The summed E-state index contributed by atoms with van der Waals surface area (Å²) < 4.78 is 12.1. The average molecular weight is 410 g/mol. The molecule has 2 aromatic rings. The number of hydrogen-bond donors (Lipinski definition) is 0. The number of morpholine rings is 1. The maximum Gasteiger partial charge on any atom is 0.119 e. The molecule has 0 aromatic heterocycles. The van der Waals surface area contributed by atoms with E-state index in [4.69, 9.17) is 9.47 Å². The number of ether oxygens (including phenoxy) is 2. The normalized spacial score (nSPS) is 21.6. The molecule has 2 aliphatic heterocycles. The van der Waals surface area contributed by atoms with Crippen LogP contribution in [0.5, 0.6) is 5.75 Å². The molecule has 2 fully saturated rings. The number of likely N-dealkylation sites (N-methyl/N-ethyl adjacent to an activating group) is 1. The van der Waals surface area contributed by atoms with Gasteiger partial charge in [0.15, 0.2) is 0 Å². The summed E-state index contributed by atoms with van der Waals surface area (Å²) >= 11 is 0. The van der Waals surface area contributed by atoms with Crippen molar-refractivity contribution >= 4 is 0 Å². The van der Waals surface area contributed by atoms with Gasteiger partial charge in [-0.15, -0.1) is 0 Å². The zero-order valence-electron chi connectivity index (χ0n) is 18.2. The number of hydrogen-bond acceptors (Lipinski definition) is 5. The van der Waals surface area contributed by atoms with E-state index in [-0.39, 0.29) is 6.10 Å². The minimum atomic E-state index is 0.119. The molecule has 5 heteroatoms. The lowest BCUT2D eigenvalue weighted by Crippen LogP contribution is -2.45. The van der Waals surface area contributed by atoms with Crippen molar-refractivity contribution in [3.05, 3.63) is 65.7 Å². The third kappa shape index (κ3) is 6.29. The molecular weight excluding hydrogens is 374 g/mol. The van der Waals surface area contributed by atoms with Crippen LogP contribution in [0.15, 0.2) is 54.6 Å². The van der Waals surface area contributed by atoms with Crippen LogP contribution in [0.2, 0.25) is 0 Å². The lowest BCUT2D eigenvalue weighted by Gasteiger charge is -2.34. The first kappa shape index (κ1) is 21.3. The monoisotopic (exact) mass is 409 g/mol. The highest BCUT2D eigenvalue weighted by Crippen LogP contribution is 2.18. The molecule has 2 aromatic carbocycles. The smallest absolute Gasteiger partial charge is 0.119 e. The van der Waals surface area contributed by atoms with Gasteiger partial charge in [-0.2, -0.15) is 0 Å². The van der Waals surface area contributed by atoms with Gasteiger partial charge in [-0.3, -0.25) is 9.80 Å². The van der Waals surface area contributed by atoms with Gasteiger partial charge in [0.25, 0.3) is 0 Å². The van der Waals surface area contributed by atoms with Gasteiger partial charge < -0.3 is 14.4 Å². The summed E-state index contributed by atoms with van der Waals surface area (Å²) in [5.74, 6) is 0.948. The van der Waals surface area contributed by atoms with Crippen molar-refractivity contribution in [1.82, 2.24) is 14.7 Å². The van der Waals surface area contributed by atoms with Crippen LogP contribution in [0.4, 0.5) is 0 Å². The summed E-state index contributed by atoms with van der Waals surface area (Å²) in [6, 6.07) is 19.2. The SMILES string of the molecule is CCN1CCN(Cc2cccc(OCC3CN(Cc4ccccc4)CCO3)c2)CC1. The van der Waals surface area contributed by atoms with Crippen molar-refractivity contribution in [3.63, 3.8) is 0 Å². The second-order valence-electron chi connectivity index (χ2n) is 8.38. The van der Waals surface area contributed by atoms with E-state index in [1.807, 2.05) is 0 Å². The number of rotatable bonds is 8. The molecule has 0 saturated carbocycles. The Morgan fingerprint density at radius 2 is 1.57 bits per heavy atom. The molecule has 162 valence electrons. The highest BCUT2D eigenvalue weighted by molar-refractivity contribution is 5.28. The molecule has 0 radical (unpaired) electrons. The van der Waals surface area contributed by atoms with Gasteiger partial charge in [-0.1, -0.05) is 49.4 Å². The molecule has 0 N–H and O–H groups in total. The molecule has 2 saturated heterocycles. The number of benzene rings is 2. The summed E-state index contributed by atoms with van der Waals surface area (Å²) in [6.45, 7) is 13.3. The molecule has 1 unspecified atom stereocenters. The van der Waals surface area contributed by atoms with Gasteiger partial charge in [0.05, 0.1) is 6.61 Å². The number of piperazine rings is 1. The molecule has 0 spiro atoms. The average Bonchev–Trinajstić information content (AvgIpc) is 2.79. The van der Waals surface area contributed by atoms with Crippen molar-refractivity contribution in [1.29, 1.82) is 0 Å². The quantitative estimate of drug-likeness (QED) is 0.668. The Morgan fingerprint density at radius 1 is 0.833 bits per heavy atom. The van der Waals surface area contributed by atoms with E-state index in [1.165, 1.54) is 24.2 Å². The van der Waals surface area contributed by atoms with Gasteiger partial charge >= 0.3 is 0 Å². The molecule has 0 aliphatic carbocycles. The zero-order valence-corrected chi connectivity index (χ0v) is 18.2. The minimum Gasteiger partial charge on any atom is -0.491 e. The molecule has 2 aliphatic rings. The van der Waals surface area contributed by atoms with E-state index in [0.717, 1.165) is 58.2 Å². The lowest BCUT2D eigenvalue weighted by molar-refractivity contribution is -0.0504. The Bertz CT molecular complexity index is 762. The van der Waals surface area contributed by atoms with Crippen LogP contribution in [0.3, 0.4) is 0 Å². The predicted octanol–water partition coefficient (Wildman–Crippen LogP) is 3.10. The number of nitrogens with zero attached hydrogens (tertiary/aromatic N) is 3. The second kappa shape index (κ2) is 10.9. The topological polar surface area (TPSA) is 28.2 Å². The second-order valence-corrected chi connectivity index (χ2v) is 8.38. The van der Waals surface area contributed by atoms with Gasteiger partial charge in [0, 0.05) is 52.4 Å². The zero-order chi connectivity index (χ0) is 20.6. The van der Waals surface area contributed by atoms with Crippen molar-refractivity contribution in [2.45, 2.75) is 26.1 Å². The van der Waals surface area contributed by atoms with Gasteiger partial charge in [-0.05, 0) is 29.8 Å². The fraction of sp³-hybridized carbons (Fsp3) is 0.520. The van der Waals surface area contributed by atoms with Crippen LogP contribution in [0.25, 0.3) is 0 Å². The first-order valence-corrected chi connectivity index (χ1v) is 11.3. The summed E-state index contributed by atoms with van der Waals surface area (Å²) in [7, 11) is 0. The lowest BCUT2D eigenvalue weighted by atomic mass is 10.2. The fourth-order valence-electron chi connectivity index (χ4n) is 4.31. The first-order valence-electron chi connectivity index (χ1n) is 11.3. The van der Waals surface area contributed by atoms with E-state index < -0.39 is 0 Å². The van der Waals surface area contributed by atoms with Crippen LogP contribution >= 0.6 is 0 Å². The van der Waals surface area contributed by atoms with Crippen molar-refractivity contribution in [2.75, 3.05) is 59.0 Å². The van der Waals surface area contributed by atoms with E-state index in [2.05, 4.69) is 76.2 Å². The minimum absolute atomic E-state index is 0.119. The third-order valence-corrected chi connectivity index (χ3v) is 6.12. The van der Waals surface area contributed by atoms with E-state index >= 15 is 0 Å². The van der Waals surface area contributed by atoms with Crippen LogP contribution in [0.1, 0.15) is 18.1 Å². The summed E-state index contributed by atoms with van der Waals surface area (Å²) in [5, 5.41) is 0. The Hall–Kier alpha value is -1.92. The Kier molecular flexibility index (Phi) is 7.76. The third-order valence-electron chi connectivity index (χ3n) is 6.12. The van der Waals surface area contributed by atoms with Gasteiger partial charge in [0.1, 0.15) is 18.5 Å². The molecule has 5 nitrogen and oxygen atoms in total. The van der Waals surface area contributed by atoms with Gasteiger partial charge in [-0.25, -0.2) is 0 Å². The highest BCUT2D eigenvalue weighted by atomic mass is 16.5. The molecule has 0 amide bonds. The van der Waals surface area contributed by atoms with Crippen LogP contribution in [-0.4, -0.2) is 79.8 Å². The van der Waals surface area contributed by atoms with Crippen LogP contribution in [0, 0.1) is 0 Å². The molecule has 30 heavy (non-hydrogen) atoms. The van der Waals surface area contributed by atoms with Gasteiger partial charge in [0.2, 0.25) is 0 Å². The van der Waals surface area contributed by atoms with E-state index in [9.17, 15) is 0 Å². The van der Waals surface area contributed by atoms with Crippen molar-refractivity contribution in [2.24, 2.45) is 0 Å². The highest BCUT2D eigenvalue weighted by Gasteiger charge is 2.21. The molecule has 1 atom stereocenters. The maximum absolute atomic E-state index is 6.13. The summed E-state index contributed by atoms with van der Waals surface area (Å²) in [6.07, 6.45) is 0.119. The van der Waals surface area contributed by atoms with Crippen LogP contribution in [-0.2, 0) is 17.8 Å². The van der Waals surface area contributed by atoms with E-state index in [0.29, 0.717) is 6.61 Å². The predicted molar refractivity (Wildman–Crippen MR) is 121 cm³/mol. The first-order chi connectivity index (χ1) is 14.8.